The maximum Gasteiger partial charge on any atom is 0.123 e. The molecule has 0 radical (unpaired) electrons. The van der Waals surface area contributed by atoms with E-state index in [4.69, 9.17) is 22.1 Å². The Hall–Kier alpha value is -1.58. The van der Waals surface area contributed by atoms with Crippen LogP contribution in [0.2, 0.25) is 5.02 Å². The van der Waals surface area contributed by atoms with Crippen molar-refractivity contribution in [3.8, 4) is 12.1 Å². The zero-order valence-electron chi connectivity index (χ0n) is 7.22. The van der Waals surface area contributed by atoms with Gasteiger partial charge in [0, 0.05) is 5.02 Å². The fraction of sp³-hybridized carbons (Fsp3) is 0.200. The van der Waals surface area contributed by atoms with E-state index in [1.807, 2.05) is 12.1 Å². The minimum absolute atomic E-state index is 0.0506. The summed E-state index contributed by atoms with van der Waals surface area (Å²) < 4.78 is 13.0. The number of benzene rings is 1. The molecule has 0 heterocycles. The number of rotatable bonds is 2. The van der Waals surface area contributed by atoms with Gasteiger partial charge >= 0.3 is 0 Å². The zero-order valence-corrected chi connectivity index (χ0v) is 7.98. The van der Waals surface area contributed by atoms with Crippen LogP contribution in [0.3, 0.4) is 0 Å². The smallest absolute Gasteiger partial charge is 0.123 e. The van der Waals surface area contributed by atoms with Crippen LogP contribution in [-0.4, -0.2) is 0 Å². The first-order chi connectivity index (χ1) is 6.69. The molecule has 0 aromatic heterocycles. The molecule has 0 amide bonds. The highest BCUT2D eigenvalue weighted by molar-refractivity contribution is 6.32. The second kappa shape index (κ2) is 4.60. The summed E-state index contributed by atoms with van der Waals surface area (Å²) in [4.78, 5) is 0. The SMILES string of the molecule is N#CCc1cc(F)cc(CC#N)c1Cl. The molecule has 0 aliphatic heterocycles. The van der Waals surface area contributed by atoms with Gasteiger partial charge in [0.2, 0.25) is 0 Å². The molecule has 14 heavy (non-hydrogen) atoms. The summed E-state index contributed by atoms with van der Waals surface area (Å²) in [5.74, 6) is -0.468. The topological polar surface area (TPSA) is 47.6 Å². The second-order valence-corrected chi connectivity index (χ2v) is 3.09. The van der Waals surface area contributed by atoms with Gasteiger partial charge in [0.15, 0.2) is 0 Å². The van der Waals surface area contributed by atoms with Crippen LogP contribution in [0, 0.1) is 28.5 Å². The molecule has 0 aliphatic carbocycles. The minimum atomic E-state index is -0.468. The van der Waals surface area contributed by atoms with Crippen molar-refractivity contribution in [3.05, 3.63) is 34.1 Å². The van der Waals surface area contributed by atoms with Crippen molar-refractivity contribution < 1.29 is 4.39 Å². The molecule has 0 aliphatic rings. The summed E-state index contributed by atoms with van der Waals surface area (Å²) >= 11 is 5.87. The van der Waals surface area contributed by atoms with Crippen LogP contribution in [0.5, 0.6) is 0 Å². The molecule has 0 atom stereocenters. The van der Waals surface area contributed by atoms with Gasteiger partial charge in [-0.2, -0.15) is 10.5 Å². The lowest BCUT2D eigenvalue weighted by atomic mass is 10.1. The third kappa shape index (κ3) is 2.22. The van der Waals surface area contributed by atoms with Gasteiger partial charge in [-0.25, -0.2) is 4.39 Å². The molecule has 4 heteroatoms. The van der Waals surface area contributed by atoms with E-state index in [-0.39, 0.29) is 12.8 Å². The lowest BCUT2D eigenvalue weighted by Crippen LogP contribution is -1.93. The van der Waals surface area contributed by atoms with E-state index in [9.17, 15) is 4.39 Å². The second-order valence-electron chi connectivity index (χ2n) is 2.71. The normalized spacial score (nSPS) is 9.14. The maximum atomic E-state index is 13.0. The van der Waals surface area contributed by atoms with Crippen molar-refractivity contribution >= 4 is 11.6 Å². The lowest BCUT2D eigenvalue weighted by molar-refractivity contribution is 0.624. The van der Waals surface area contributed by atoms with Crippen LogP contribution >= 0.6 is 11.6 Å². The molecule has 1 aromatic carbocycles. The van der Waals surface area contributed by atoms with Gasteiger partial charge in [0.25, 0.3) is 0 Å². The summed E-state index contributed by atoms with van der Waals surface area (Å²) in [5.41, 5.74) is 0.860. The van der Waals surface area contributed by atoms with E-state index in [2.05, 4.69) is 0 Å². The number of nitrogens with zero attached hydrogens (tertiary/aromatic N) is 2. The largest absolute Gasteiger partial charge is 0.207 e. The standard InChI is InChI=1S/C10H6ClFN2/c11-10-7(1-3-13)5-9(12)6-8(10)2-4-14/h5-6H,1-2H2. The van der Waals surface area contributed by atoms with Crippen LogP contribution in [-0.2, 0) is 12.8 Å². The fourth-order valence-electron chi connectivity index (χ4n) is 1.14. The first-order valence-electron chi connectivity index (χ1n) is 3.89. The molecule has 2 nitrogen and oxygen atoms in total. The maximum absolute atomic E-state index is 13.0. The van der Waals surface area contributed by atoms with Gasteiger partial charge in [0.1, 0.15) is 5.82 Å². The molecule has 0 bridgehead atoms. The van der Waals surface area contributed by atoms with Crippen LogP contribution in [0.4, 0.5) is 4.39 Å². The third-order valence-corrected chi connectivity index (χ3v) is 2.21. The van der Waals surface area contributed by atoms with Crippen molar-refractivity contribution in [2.75, 3.05) is 0 Å². The van der Waals surface area contributed by atoms with Crippen LogP contribution in [0.1, 0.15) is 11.1 Å². The molecule has 1 aromatic rings. The number of nitriles is 2. The van der Waals surface area contributed by atoms with Gasteiger partial charge in [-0.1, -0.05) is 11.6 Å². The molecule has 0 spiro atoms. The van der Waals surface area contributed by atoms with Crippen molar-refractivity contribution in [1.82, 2.24) is 0 Å². The highest BCUT2D eigenvalue weighted by Gasteiger charge is 2.08. The molecule has 0 saturated heterocycles. The molecular formula is C10H6ClFN2. The van der Waals surface area contributed by atoms with E-state index >= 15 is 0 Å². The summed E-state index contributed by atoms with van der Waals surface area (Å²) in [6.07, 6.45) is 0.101. The van der Waals surface area contributed by atoms with Gasteiger partial charge in [-0.05, 0) is 23.3 Å². The molecule has 1 rings (SSSR count). The number of hydrogen-bond donors (Lipinski definition) is 0. The molecule has 70 valence electrons. The first-order valence-corrected chi connectivity index (χ1v) is 4.27. The van der Waals surface area contributed by atoms with Gasteiger partial charge < -0.3 is 0 Å². The van der Waals surface area contributed by atoms with Crippen LogP contribution in [0.25, 0.3) is 0 Å². The highest BCUT2D eigenvalue weighted by Crippen LogP contribution is 2.23. The van der Waals surface area contributed by atoms with Crippen molar-refractivity contribution in [1.29, 1.82) is 10.5 Å². The van der Waals surface area contributed by atoms with E-state index in [1.165, 1.54) is 12.1 Å². The molecule has 0 unspecified atom stereocenters. The van der Waals surface area contributed by atoms with E-state index in [0.29, 0.717) is 16.1 Å². The number of halogens is 2. The quantitative estimate of drug-likeness (QED) is 0.750. The molecule has 0 fully saturated rings. The van der Waals surface area contributed by atoms with Crippen molar-refractivity contribution in [3.63, 3.8) is 0 Å². The molecule has 0 saturated carbocycles. The Balaban J connectivity index is 3.20. The predicted molar refractivity (Wildman–Crippen MR) is 50.0 cm³/mol. The highest BCUT2D eigenvalue weighted by atomic mass is 35.5. The van der Waals surface area contributed by atoms with Crippen LogP contribution in [0.15, 0.2) is 12.1 Å². The van der Waals surface area contributed by atoms with Gasteiger partial charge in [-0.3, -0.25) is 0 Å². The van der Waals surface area contributed by atoms with Crippen molar-refractivity contribution in [2.24, 2.45) is 0 Å². The Kier molecular flexibility index (Phi) is 3.45. The lowest BCUT2D eigenvalue weighted by Gasteiger charge is -2.04. The van der Waals surface area contributed by atoms with Crippen LogP contribution < -0.4 is 0 Å². The third-order valence-electron chi connectivity index (χ3n) is 1.73. The Morgan fingerprint density at radius 3 is 1.93 bits per heavy atom. The Morgan fingerprint density at radius 2 is 1.57 bits per heavy atom. The van der Waals surface area contributed by atoms with Gasteiger partial charge in [0.05, 0.1) is 25.0 Å². The Labute approximate surface area is 86.1 Å². The average Bonchev–Trinajstić information content (AvgIpc) is 2.14. The fourth-order valence-corrected chi connectivity index (χ4v) is 1.38. The van der Waals surface area contributed by atoms with E-state index in [1.54, 1.807) is 0 Å². The first kappa shape index (κ1) is 10.5. The van der Waals surface area contributed by atoms with E-state index in [0.717, 1.165) is 0 Å². The monoisotopic (exact) mass is 208 g/mol. The summed E-state index contributed by atoms with van der Waals surface area (Å²) in [7, 11) is 0. The predicted octanol–water partition coefficient (Wildman–Crippen LogP) is 2.61. The van der Waals surface area contributed by atoms with Gasteiger partial charge in [-0.15, -0.1) is 0 Å². The summed E-state index contributed by atoms with van der Waals surface area (Å²) in [5, 5.41) is 17.2. The molecule has 0 N–H and O–H groups in total. The zero-order chi connectivity index (χ0) is 10.6. The summed E-state index contributed by atoms with van der Waals surface area (Å²) in [6, 6.07) is 6.20. The number of hydrogen-bond acceptors (Lipinski definition) is 2. The minimum Gasteiger partial charge on any atom is -0.207 e. The average molecular weight is 209 g/mol. The Bertz CT molecular complexity index is 392. The van der Waals surface area contributed by atoms with Crippen molar-refractivity contribution in [2.45, 2.75) is 12.8 Å². The summed E-state index contributed by atoms with van der Waals surface area (Å²) in [6.45, 7) is 0. The Morgan fingerprint density at radius 1 is 1.14 bits per heavy atom. The molecular weight excluding hydrogens is 203 g/mol. The van der Waals surface area contributed by atoms with E-state index < -0.39 is 5.82 Å².